The monoisotopic (exact) mass is 409 g/mol. The molecule has 0 aliphatic carbocycles. The van der Waals surface area contributed by atoms with Gasteiger partial charge in [0.2, 0.25) is 5.82 Å². The Bertz CT molecular complexity index is 1060. The van der Waals surface area contributed by atoms with Crippen molar-refractivity contribution in [2.45, 2.75) is 32.3 Å². The maximum atomic E-state index is 14.5. The molecule has 156 valence electrons. The lowest BCUT2D eigenvalue weighted by Gasteiger charge is -2.09. The summed E-state index contributed by atoms with van der Waals surface area (Å²) in [4.78, 5) is 4.33. The van der Waals surface area contributed by atoms with E-state index in [0.717, 1.165) is 35.6 Å². The van der Waals surface area contributed by atoms with Crippen LogP contribution in [0.5, 0.6) is 5.75 Å². The zero-order valence-corrected chi connectivity index (χ0v) is 16.9. The van der Waals surface area contributed by atoms with Crippen molar-refractivity contribution >= 4 is 16.8 Å². The van der Waals surface area contributed by atoms with Crippen LogP contribution in [-0.4, -0.2) is 22.8 Å². The van der Waals surface area contributed by atoms with Gasteiger partial charge in [-0.3, -0.25) is 4.98 Å². The Kier molecular flexibility index (Phi) is 7.31. The van der Waals surface area contributed by atoms with Crippen molar-refractivity contribution in [2.75, 3.05) is 6.61 Å². The summed E-state index contributed by atoms with van der Waals surface area (Å²) < 4.78 is 33.9. The summed E-state index contributed by atoms with van der Waals surface area (Å²) >= 11 is 0. The number of hydrogen-bond donors (Lipinski definition) is 1. The first-order valence-electron chi connectivity index (χ1n) is 9.96. The van der Waals surface area contributed by atoms with Crippen molar-refractivity contribution in [3.63, 3.8) is 0 Å². The topological polar surface area (TPSA) is 42.4 Å². The quantitative estimate of drug-likeness (QED) is 0.333. The predicted molar refractivity (Wildman–Crippen MR) is 117 cm³/mol. The fourth-order valence-electron chi connectivity index (χ4n) is 3.15. The number of ether oxygens (including phenoxy) is 1. The molecule has 3 nitrogen and oxygen atoms in total. The molecule has 1 atom stereocenters. The number of aromatic nitrogens is 1. The molecule has 5 heteroatoms. The number of aliphatic hydroxyl groups is 1. The molecule has 3 rings (SSSR count). The summed E-state index contributed by atoms with van der Waals surface area (Å²) in [6.45, 7) is 5.38. The third-order valence-electron chi connectivity index (χ3n) is 4.73. The molecule has 0 amide bonds. The second-order valence-electron chi connectivity index (χ2n) is 7.20. The highest BCUT2D eigenvalue weighted by Crippen LogP contribution is 2.30. The van der Waals surface area contributed by atoms with Gasteiger partial charge in [-0.25, -0.2) is 4.39 Å². The predicted octanol–water partition coefficient (Wildman–Crippen LogP) is 6.31. The molecule has 1 N–H and O–H groups in total. The molecule has 0 fully saturated rings. The largest absolute Gasteiger partial charge is 0.486 e. The van der Waals surface area contributed by atoms with Gasteiger partial charge < -0.3 is 9.84 Å². The molecule has 1 unspecified atom stereocenters. The zero-order valence-electron chi connectivity index (χ0n) is 16.9. The van der Waals surface area contributed by atoms with Crippen molar-refractivity contribution in [3.8, 4) is 17.0 Å². The van der Waals surface area contributed by atoms with Crippen LogP contribution in [0.15, 0.2) is 61.3 Å². The molecule has 0 saturated heterocycles. The molecule has 3 aromatic rings. The molecule has 1 heterocycles. The van der Waals surface area contributed by atoms with Gasteiger partial charge in [0.25, 0.3) is 0 Å². The average Bonchev–Trinajstić information content (AvgIpc) is 2.74. The summed E-state index contributed by atoms with van der Waals surface area (Å²) in [7, 11) is 0. The summed E-state index contributed by atoms with van der Waals surface area (Å²) in [6, 6.07) is 10.5. The van der Waals surface area contributed by atoms with Crippen LogP contribution in [0.3, 0.4) is 0 Å². The fraction of sp³-hybridized carbons (Fsp3) is 0.240. The molecule has 0 aliphatic heterocycles. The van der Waals surface area contributed by atoms with Gasteiger partial charge in [-0.2, -0.15) is 4.39 Å². The summed E-state index contributed by atoms with van der Waals surface area (Å²) in [6.07, 6.45) is 9.60. The highest BCUT2D eigenvalue weighted by atomic mass is 19.2. The van der Waals surface area contributed by atoms with E-state index in [1.807, 2.05) is 24.3 Å². The van der Waals surface area contributed by atoms with Gasteiger partial charge in [0.05, 0.1) is 11.8 Å². The minimum absolute atomic E-state index is 0.0856. The number of rotatable bonds is 9. The van der Waals surface area contributed by atoms with E-state index in [0.29, 0.717) is 5.69 Å². The number of nitrogens with zero attached hydrogens (tertiary/aromatic N) is 1. The normalized spacial score (nSPS) is 12.4. The van der Waals surface area contributed by atoms with Crippen LogP contribution in [0.4, 0.5) is 8.78 Å². The lowest BCUT2D eigenvalue weighted by atomic mass is 10.0. The minimum atomic E-state index is -1.03. The van der Waals surface area contributed by atoms with Crippen LogP contribution in [0.1, 0.15) is 31.7 Å². The van der Waals surface area contributed by atoms with Crippen molar-refractivity contribution in [3.05, 3.63) is 78.5 Å². The number of halogens is 2. The standard InChI is InChI=1S/C25H25F2NO2/c1-3-13-30-23-12-11-21(24(26)25(23)27)22-15-19-10-9-18(14-20(19)16-28-22)8-6-4-5-7-17(2)29/h3,6,8-12,14-17,29H,1,4-5,7,13H2,2H3/b8-6+. The molecule has 0 saturated carbocycles. The van der Waals surface area contributed by atoms with Gasteiger partial charge in [0, 0.05) is 17.1 Å². The number of pyridine rings is 1. The first-order chi connectivity index (χ1) is 14.5. The average molecular weight is 409 g/mol. The van der Waals surface area contributed by atoms with Gasteiger partial charge in [0.1, 0.15) is 6.61 Å². The third-order valence-corrected chi connectivity index (χ3v) is 4.73. The number of unbranched alkanes of at least 4 members (excludes halogenated alkanes) is 1. The highest BCUT2D eigenvalue weighted by Gasteiger charge is 2.16. The molecule has 0 spiro atoms. The smallest absolute Gasteiger partial charge is 0.201 e. The van der Waals surface area contributed by atoms with E-state index < -0.39 is 11.6 Å². The summed E-state index contributed by atoms with van der Waals surface area (Å²) in [5.41, 5.74) is 1.48. The van der Waals surface area contributed by atoms with Gasteiger partial charge in [-0.05, 0) is 61.4 Å². The second kappa shape index (κ2) is 10.1. The van der Waals surface area contributed by atoms with Crippen LogP contribution in [-0.2, 0) is 0 Å². The summed E-state index contributed by atoms with van der Waals surface area (Å²) in [5, 5.41) is 11.1. The van der Waals surface area contributed by atoms with Crippen LogP contribution in [0.2, 0.25) is 0 Å². The number of fused-ring (bicyclic) bond motifs is 1. The van der Waals surface area contributed by atoms with Crippen molar-refractivity contribution in [2.24, 2.45) is 0 Å². The molecule has 0 radical (unpaired) electrons. The van der Waals surface area contributed by atoms with Crippen LogP contribution in [0, 0.1) is 11.6 Å². The van der Waals surface area contributed by atoms with Crippen LogP contribution < -0.4 is 4.74 Å². The molecular weight excluding hydrogens is 384 g/mol. The Morgan fingerprint density at radius 1 is 1.13 bits per heavy atom. The second-order valence-corrected chi connectivity index (χ2v) is 7.20. The number of aliphatic hydroxyl groups excluding tert-OH is 1. The van der Waals surface area contributed by atoms with E-state index >= 15 is 0 Å². The number of benzene rings is 2. The maximum absolute atomic E-state index is 14.5. The van der Waals surface area contributed by atoms with E-state index in [1.165, 1.54) is 18.2 Å². The Morgan fingerprint density at radius 2 is 1.97 bits per heavy atom. The maximum Gasteiger partial charge on any atom is 0.201 e. The van der Waals surface area contributed by atoms with Gasteiger partial charge in [0.15, 0.2) is 11.6 Å². The van der Waals surface area contributed by atoms with E-state index in [9.17, 15) is 13.9 Å². The van der Waals surface area contributed by atoms with Crippen molar-refractivity contribution in [1.82, 2.24) is 4.98 Å². The van der Waals surface area contributed by atoms with Crippen molar-refractivity contribution in [1.29, 1.82) is 0 Å². The van der Waals surface area contributed by atoms with E-state index in [2.05, 4.69) is 17.6 Å². The van der Waals surface area contributed by atoms with Crippen LogP contribution in [0.25, 0.3) is 28.1 Å². The Morgan fingerprint density at radius 3 is 2.73 bits per heavy atom. The fourth-order valence-corrected chi connectivity index (χ4v) is 3.15. The molecule has 0 bridgehead atoms. The first-order valence-corrected chi connectivity index (χ1v) is 9.96. The van der Waals surface area contributed by atoms with E-state index in [-0.39, 0.29) is 24.0 Å². The van der Waals surface area contributed by atoms with Crippen LogP contribution >= 0.6 is 0 Å². The lowest BCUT2D eigenvalue weighted by Crippen LogP contribution is -1.99. The third kappa shape index (κ3) is 5.30. The SMILES string of the molecule is C=CCOc1ccc(-c2cc3ccc(/C=C/CCCC(C)O)cc3cn2)c(F)c1F. The van der Waals surface area contributed by atoms with Crippen molar-refractivity contribution < 1.29 is 18.6 Å². The lowest BCUT2D eigenvalue weighted by molar-refractivity contribution is 0.182. The molecule has 30 heavy (non-hydrogen) atoms. The van der Waals surface area contributed by atoms with E-state index in [4.69, 9.17) is 4.74 Å². The molecule has 1 aromatic heterocycles. The highest BCUT2D eigenvalue weighted by molar-refractivity contribution is 5.87. The number of hydrogen-bond acceptors (Lipinski definition) is 3. The van der Waals surface area contributed by atoms with Gasteiger partial charge >= 0.3 is 0 Å². The zero-order chi connectivity index (χ0) is 21.5. The summed E-state index contributed by atoms with van der Waals surface area (Å²) in [5.74, 6) is -2.17. The number of allylic oxidation sites excluding steroid dienone is 1. The molecule has 2 aromatic carbocycles. The minimum Gasteiger partial charge on any atom is -0.486 e. The Labute approximate surface area is 175 Å². The Hall–Kier alpha value is -3.05. The van der Waals surface area contributed by atoms with E-state index in [1.54, 1.807) is 19.2 Å². The van der Waals surface area contributed by atoms with Gasteiger partial charge in [-0.1, -0.05) is 36.9 Å². The van der Waals surface area contributed by atoms with Gasteiger partial charge in [-0.15, -0.1) is 0 Å². The molecule has 0 aliphatic rings. The molecular formula is C25H25F2NO2. The first kappa shape index (κ1) is 21.7. The Balaban J connectivity index is 1.80.